The molecule has 0 N–H and O–H groups in total. The summed E-state index contributed by atoms with van der Waals surface area (Å²) in [6.07, 6.45) is -2.57. The van der Waals surface area contributed by atoms with Crippen molar-refractivity contribution in [3.05, 3.63) is 47.3 Å². The minimum atomic E-state index is -2.57. The highest BCUT2D eigenvalue weighted by atomic mass is 79.9. The summed E-state index contributed by atoms with van der Waals surface area (Å²) in [6.45, 7) is 0.306. The lowest BCUT2D eigenvalue weighted by Crippen LogP contribution is -2.07. The first-order chi connectivity index (χ1) is 8.22. The zero-order valence-corrected chi connectivity index (χ0v) is 10.4. The molecule has 0 saturated heterocycles. The molecule has 0 atom stereocenters. The third-order valence-corrected chi connectivity index (χ3v) is 2.89. The van der Waals surface area contributed by atoms with Crippen LogP contribution in [0.1, 0.15) is 23.4 Å². The van der Waals surface area contributed by atoms with Crippen LogP contribution in [-0.4, -0.2) is 15.0 Å². The van der Waals surface area contributed by atoms with Crippen LogP contribution in [0, 0.1) is 0 Å². The van der Waals surface area contributed by atoms with Gasteiger partial charge in [-0.05, 0) is 5.56 Å². The minimum Gasteiger partial charge on any atom is -0.239 e. The van der Waals surface area contributed by atoms with E-state index in [2.05, 4.69) is 26.2 Å². The van der Waals surface area contributed by atoms with Crippen molar-refractivity contribution in [2.45, 2.75) is 18.3 Å². The summed E-state index contributed by atoms with van der Waals surface area (Å²) < 4.78 is 27.0. The maximum Gasteiger partial charge on any atom is 0.281 e. The maximum atomic E-state index is 12.9. The van der Waals surface area contributed by atoms with Crippen molar-refractivity contribution >= 4 is 15.9 Å². The Hall–Kier alpha value is -1.30. The Labute approximate surface area is 106 Å². The van der Waals surface area contributed by atoms with Gasteiger partial charge in [0, 0.05) is 5.33 Å². The van der Waals surface area contributed by atoms with E-state index in [1.165, 1.54) is 4.68 Å². The van der Waals surface area contributed by atoms with Crippen molar-refractivity contribution in [1.29, 1.82) is 0 Å². The summed E-state index contributed by atoms with van der Waals surface area (Å²) in [7, 11) is 0. The first kappa shape index (κ1) is 12.2. The molecule has 0 unspecified atom stereocenters. The molecule has 2 aromatic rings. The summed E-state index contributed by atoms with van der Waals surface area (Å²) in [5.74, 6) is 0. The molecule has 0 aliphatic heterocycles. The Balaban J connectivity index is 2.30. The highest BCUT2D eigenvalue weighted by molar-refractivity contribution is 9.08. The highest BCUT2D eigenvalue weighted by Crippen LogP contribution is 2.23. The van der Waals surface area contributed by atoms with Gasteiger partial charge in [-0.25, -0.2) is 13.5 Å². The van der Waals surface area contributed by atoms with E-state index < -0.39 is 6.43 Å². The van der Waals surface area contributed by atoms with Crippen molar-refractivity contribution < 1.29 is 8.78 Å². The number of aromatic nitrogens is 3. The van der Waals surface area contributed by atoms with Gasteiger partial charge >= 0.3 is 0 Å². The van der Waals surface area contributed by atoms with Gasteiger partial charge < -0.3 is 0 Å². The van der Waals surface area contributed by atoms with Crippen LogP contribution < -0.4 is 0 Å². The monoisotopic (exact) mass is 301 g/mol. The van der Waals surface area contributed by atoms with Gasteiger partial charge in [0.2, 0.25) is 0 Å². The number of halogens is 3. The Morgan fingerprint density at radius 1 is 1.24 bits per heavy atom. The number of hydrogen-bond donors (Lipinski definition) is 0. The molecule has 3 nitrogen and oxygen atoms in total. The van der Waals surface area contributed by atoms with Crippen LogP contribution in [0.4, 0.5) is 8.78 Å². The molecular weight excluding hydrogens is 292 g/mol. The molecule has 1 heterocycles. The third kappa shape index (κ3) is 2.69. The number of nitrogens with zero attached hydrogens (tertiary/aromatic N) is 3. The Morgan fingerprint density at radius 2 is 1.94 bits per heavy atom. The second-order valence-corrected chi connectivity index (χ2v) is 4.06. The first-order valence-electron chi connectivity index (χ1n) is 5.02. The van der Waals surface area contributed by atoms with Crippen LogP contribution in [0.5, 0.6) is 0 Å². The van der Waals surface area contributed by atoms with E-state index in [9.17, 15) is 8.78 Å². The quantitative estimate of drug-likeness (QED) is 0.812. The van der Waals surface area contributed by atoms with Crippen LogP contribution in [0.2, 0.25) is 0 Å². The van der Waals surface area contributed by atoms with E-state index in [4.69, 9.17) is 0 Å². The second-order valence-electron chi connectivity index (χ2n) is 3.50. The minimum absolute atomic E-state index is 0.120. The summed E-state index contributed by atoms with van der Waals surface area (Å²) in [5, 5.41) is 7.78. The Kier molecular flexibility index (Phi) is 3.83. The average molecular weight is 302 g/mol. The van der Waals surface area contributed by atoms with Gasteiger partial charge in [-0.2, -0.15) is 0 Å². The van der Waals surface area contributed by atoms with Gasteiger partial charge in [0.25, 0.3) is 6.43 Å². The summed E-state index contributed by atoms with van der Waals surface area (Å²) in [6, 6.07) is 9.33. The lowest BCUT2D eigenvalue weighted by Gasteiger charge is -2.06. The molecule has 2 rings (SSSR count). The first-order valence-corrected chi connectivity index (χ1v) is 6.15. The van der Waals surface area contributed by atoms with E-state index in [1.807, 2.05) is 30.3 Å². The van der Waals surface area contributed by atoms with E-state index in [0.717, 1.165) is 5.56 Å². The Bertz CT molecular complexity index is 485. The molecule has 90 valence electrons. The molecule has 0 amide bonds. The molecule has 1 aromatic heterocycles. The van der Waals surface area contributed by atoms with Gasteiger partial charge in [0.05, 0.1) is 6.54 Å². The number of hydrogen-bond acceptors (Lipinski definition) is 2. The standard InChI is InChI=1S/C11H10BrF2N3/c12-6-9-10(11(13)14)17(16-15-9)7-8-4-2-1-3-5-8/h1-5,11H,6-7H2. The average Bonchev–Trinajstić information content (AvgIpc) is 2.73. The molecule has 0 aliphatic carbocycles. The van der Waals surface area contributed by atoms with E-state index in [-0.39, 0.29) is 16.7 Å². The van der Waals surface area contributed by atoms with Gasteiger partial charge in [-0.15, -0.1) is 5.10 Å². The molecule has 0 spiro atoms. The fourth-order valence-corrected chi connectivity index (χ4v) is 1.96. The van der Waals surface area contributed by atoms with Gasteiger partial charge in [-0.3, -0.25) is 0 Å². The van der Waals surface area contributed by atoms with Crippen molar-refractivity contribution in [3.8, 4) is 0 Å². The largest absolute Gasteiger partial charge is 0.281 e. The van der Waals surface area contributed by atoms with Crippen molar-refractivity contribution in [2.24, 2.45) is 0 Å². The van der Waals surface area contributed by atoms with Crippen LogP contribution in [0.15, 0.2) is 30.3 Å². The second kappa shape index (κ2) is 5.35. The van der Waals surface area contributed by atoms with Crippen LogP contribution >= 0.6 is 15.9 Å². The van der Waals surface area contributed by atoms with Crippen LogP contribution in [0.3, 0.4) is 0 Å². The smallest absolute Gasteiger partial charge is 0.239 e. The molecule has 17 heavy (non-hydrogen) atoms. The topological polar surface area (TPSA) is 30.7 Å². The molecule has 0 radical (unpaired) electrons. The normalized spacial score (nSPS) is 11.1. The van der Waals surface area contributed by atoms with Crippen LogP contribution in [0.25, 0.3) is 0 Å². The number of benzene rings is 1. The summed E-state index contributed by atoms with van der Waals surface area (Å²) in [5.41, 5.74) is 1.09. The highest BCUT2D eigenvalue weighted by Gasteiger charge is 2.20. The summed E-state index contributed by atoms with van der Waals surface area (Å²) >= 11 is 3.13. The molecule has 6 heteroatoms. The van der Waals surface area contributed by atoms with Gasteiger partial charge in [-0.1, -0.05) is 51.5 Å². The number of rotatable bonds is 4. The molecule has 0 saturated carbocycles. The van der Waals surface area contributed by atoms with Crippen molar-refractivity contribution in [3.63, 3.8) is 0 Å². The predicted octanol–water partition coefficient (Wildman–Crippen LogP) is 3.16. The lowest BCUT2D eigenvalue weighted by atomic mass is 10.2. The van der Waals surface area contributed by atoms with E-state index >= 15 is 0 Å². The van der Waals surface area contributed by atoms with E-state index in [0.29, 0.717) is 6.54 Å². The van der Waals surface area contributed by atoms with Crippen molar-refractivity contribution in [2.75, 3.05) is 0 Å². The maximum absolute atomic E-state index is 12.9. The molecular formula is C11H10BrF2N3. The number of alkyl halides is 3. The molecule has 0 fully saturated rings. The van der Waals surface area contributed by atoms with E-state index in [1.54, 1.807) is 0 Å². The molecule has 1 aromatic carbocycles. The predicted molar refractivity (Wildman–Crippen MR) is 63.2 cm³/mol. The Morgan fingerprint density at radius 3 is 2.53 bits per heavy atom. The van der Waals surface area contributed by atoms with Crippen LogP contribution in [-0.2, 0) is 11.9 Å². The molecule has 0 bridgehead atoms. The lowest BCUT2D eigenvalue weighted by molar-refractivity contribution is 0.139. The zero-order valence-electron chi connectivity index (χ0n) is 8.85. The fraction of sp³-hybridized carbons (Fsp3) is 0.273. The zero-order chi connectivity index (χ0) is 12.3. The van der Waals surface area contributed by atoms with Crippen molar-refractivity contribution in [1.82, 2.24) is 15.0 Å². The SMILES string of the molecule is FC(F)c1c(CBr)nnn1Cc1ccccc1. The van der Waals surface area contributed by atoms with Gasteiger partial charge in [0.15, 0.2) is 0 Å². The fourth-order valence-electron chi connectivity index (χ4n) is 1.56. The molecule has 0 aliphatic rings. The van der Waals surface area contributed by atoms with Gasteiger partial charge in [0.1, 0.15) is 11.4 Å². The summed E-state index contributed by atoms with van der Waals surface area (Å²) in [4.78, 5) is 0. The third-order valence-electron chi connectivity index (χ3n) is 2.36.